The fraction of sp³-hybridized carbons (Fsp3) is 0.786. The Labute approximate surface area is 125 Å². The van der Waals surface area contributed by atoms with Crippen molar-refractivity contribution in [1.29, 1.82) is 0 Å². The minimum Gasteiger partial charge on any atom is -0.340 e. The zero-order valence-corrected chi connectivity index (χ0v) is 13.0. The number of carbonyl (C=O) groups is 3. The fourth-order valence-electron chi connectivity index (χ4n) is 2.76. The van der Waals surface area contributed by atoms with Crippen LogP contribution < -0.4 is 5.32 Å². The third-order valence-electron chi connectivity index (χ3n) is 4.12. The van der Waals surface area contributed by atoms with E-state index in [0.717, 1.165) is 39.1 Å². The van der Waals surface area contributed by atoms with Crippen LogP contribution in [0.3, 0.4) is 0 Å². The lowest BCUT2D eigenvalue weighted by Gasteiger charge is -2.34. The summed E-state index contributed by atoms with van der Waals surface area (Å²) in [5, 5.41) is 2.68. The summed E-state index contributed by atoms with van der Waals surface area (Å²) in [6.07, 6.45) is 0.759. The molecule has 2 heterocycles. The zero-order chi connectivity index (χ0) is 15.6. The number of rotatable bonds is 4. The minimum absolute atomic E-state index is 0.121. The number of hydrogen-bond donors (Lipinski definition) is 1. The van der Waals surface area contributed by atoms with Gasteiger partial charge < -0.3 is 10.2 Å². The van der Waals surface area contributed by atoms with Crippen molar-refractivity contribution < 1.29 is 14.4 Å². The van der Waals surface area contributed by atoms with Crippen molar-refractivity contribution in [1.82, 2.24) is 20.0 Å². The molecule has 7 nitrogen and oxygen atoms in total. The predicted molar refractivity (Wildman–Crippen MR) is 77.6 cm³/mol. The van der Waals surface area contributed by atoms with E-state index >= 15 is 0 Å². The van der Waals surface area contributed by atoms with E-state index in [-0.39, 0.29) is 17.8 Å². The largest absolute Gasteiger partial charge is 0.340 e. The van der Waals surface area contributed by atoms with Crippen LogP contribution in [0.2, 0.25) is 0 Å². The summed E-state index contributed by atoms with van der Waals surface area (Å²) in [4.78, 5) is 40.4. The Hall–Kier alpha value is -1.63. The number of nitrogens with one attached hydrogen (secondary N) is 1. The molecule has 0 spiro atoms. The Morgan fingerprint density at radius 3 is 2.24 bits per heavy atom. The van der Waals surface area contributed by atoms with E-state index in [4.69, 9.17) is 0 Å². The van der Waals surface area contributed by atoms with E-state index in [2.05, 4.69) is 10.2 Å². The Morgan fingerprint density at radius 2 is 1.76 bits per heavy atom. The summed E-state index contributed by atoms with van der Waals surface area (Å²) in [6.45, 7) is 9.52. The molecule has 7 heteroatoms. The van der Waals surface area contributed by atoms with E-state index in [1.807, 2.05) is 4.90 Å². The van der Waals surface area contributed by atoms with Crippen molar-refractivity contribution in [3.05, 3.63) is 0 Å². The molecular weight excluding hydrogens is 272 g/mol. The smallest absolute Gasteiger partial charge is 0.325 e. The predicted octanol–water partition coefficient (Wildman–Crippen LogP) is -0.129. The van der Waals surface area contributed by atoms with E-state index < -0.39 is 5.54 Å². The molecule has 0 aromatic carbocycles. The highest BCUT2D eigenvalue weighted by Gasteiger charge is 2.43. The summed E-state index contributed by atoms with van der Waals surface area (Å²) >= 11 is 0. The molecule has 4 amide bonds. The summed E-state index contributed by atoms with van der Waals surface area (Å²) in [7, 11) is 0. The van der Waals surface area contributed by atoms with Gasteiger partial charge >= 0.3 is 6.03 Å². The van der Waals surface area contributed by atoms with Crippen LogP contribution in [-0.4, -0.2) is 77.4 Å². The average Bonchev–Trinajstić information content (AvgIpc) is 2.61. The molecule has 0 saturated carbocycles. The van der Waals surface area contributed by atoms with Gasteiger partial charge in [0, 0.05) is 39.6 Å². The lowest BCUT2D eigenvalue weighted by molar-refractivity contribution is -0.131. The first-order valence-corrected chi connectivity index (χ1v) is 7.43. The molecule has 2 aliphatic rings. The molecule has 0 aliphatic carbocycles. The number of urea groups is 1. The minimum atomic E-state index is -0.788. The first kappa shape index (κ1) is 15.8. The maximum absolute atomic E-state index is 12.0. The van der Waals surface area contributed by atoms with Crippen LogP contribution in [0.25, 0.3) is 0 Å². The van der Waals surface area contributed by atoms with Gasteiger partial charge in [0.15, 0.2) is 0 Å². The van der Waals surface area contributed by atoms with Crippen molar-refractivity contribution in [2.75, 3.05) is 39.3 Å². The molecule has 2 rings (SSSR count). The fourth-order valence-corrected chi connectivity index (χ4v) is 2.76. The first-order valence-electron chi connectivity index (χ1n) is 7.43. The highest BCUT2D eigenvalue weighted by Crippen LogP contribution is 2.16. The number of carbonyl (C=O) groups excluding carboxylic acids is 3. The topological polar surface area (TPSA) is 73.0 Å². The van der Waals surface area contributed by atoms with Gasteiger partial charge in [-0.15, -0.1) is 0 Å². The monoisotopic (exact) mass is 296 g/mol. The second-order valence-electron chi connectivity index (χ2n) is 6.21. The molecule has 0 unspecified atom stereocenters. The highest BCUT2D eigenvalue weighted by atomic mass is 16.2. The molecule has 118 valence electrons. The molecule has 0 radical (unpaired) electrons. The van der Waals surface area contributed by atoms with Gasteiger partial charge in [0.05, 0.1) is 0 Å². The van der Waals surface area contributed by atoms with Gasteiger partial charge in [0.25, 0.3) is 5.91 Å². The van der Waals surface area contributed by atoms with Crippen molar-refractivity contribution in [3.8, 4) is 0 Å². The van der Waals surface area contributed by atoms with Crippen molar-refractivity contribution >= 4 is 17.8 Å². The van der Waals surface area contributed by atoms with Crippen LogP contribution in [-0.2, 0) is 9.59 Å². The van der Waals surface area contributed by atoms with Crippen LogP contribution in [0.1, 0.15) is 27.2 Å². The summed E-state index contributed by atoms with van der Waals surface area (Å²) in [5.74, 6) is -0.0369. The molecular formula is C14H24N4O3. The molecule has 0 aromatic rings. The van der Waals surface area contributed by atoms with Crippen molar-refractivity contribution in [2.45, 2.75) is 32.7 Å². The quantitative estimate of drug-likeness (QED) is 0.734. The van der Waals surface area contributed by atoms with Gasteiger partial charge in [-0.2, -0.15) is 0 Å². The third kappa shape index (κ3) is 3.53. The van der Waals surface area contributed by atoms with E-state index in [1.165, 1.54) is 4.90 Å². The average molecular weight is 296 g/mol. The molecule has 0 atom stereocenters. The van der Waals surface area contributed by atoms with Gasteiger partial charge in [-0.3, -0.25) is 19.4 Å². The standard InChI is InChI=1S/C14H24N4O3/c1-11(19)17-9-7-16(8-10-17)5-4-6-18-12(20)14(2,3)15-13(18)21/h4-10H2,1-3H3,(H,15,21). The second kappa shape index (κ2) is 6.01. The van der Waals surface area contributed by atoms with Crippen molar-refractivity contribution in [3.63, 3.8) is 0 Å². The SMILES string of the molecule is CC(=O)N1CCN(CCCN2C(=O)NC(C)(C)C2=O)CC1. The van der Waals surface area contributed by atoms with E-state index in [0.29, 0.717) is 6.54 Å². The number of amides is 4. The van der Waals surface area contributed by atoms with Crippen LogP contribution in [0.4, 0.5) is 4.79 Å². The second-order valence-corrected chi connectivity index (χ2v) is 6.21. The van der Waals surface area contributed by atoms with Gasteiger partial charge in [0.1, 0.15) is 5.54 Å². The number of imide groups is 1. The summed E-state index contributed by atoms with van der Waals surface area (Å²) in [5.41, 5.74) is -0.788. The van der Waals surface area contributed by atoms with Crippen LogP contribution >= 0.6 is 0 Å². The first-order chi connectivity index (χ1) is 9.81. The molecule has 0 bridgehead atoms. The van der Waals surface area contributed by atoms with E-state index in [9.17, 15) is 14.4 Å². The molecule has 21 heavy (non-hydrogen) atoms. The van der Waals surface area contributed by atoms with Crippen molar-refractivity contribution in [2.24, 2.45) is 0 Å². The Kier molecular flexibility index (Phi) is 4.51. The van der Waals surface area contributed by atoms with Crippen LogP contribution in [0, 0.1) is 0 Å². The molecule has 2 aliphatic heterocycles. The highest BCUT2D eigenvalue weighted by molar-refractivity contribution is 6.06. The summed E-state index contributed by atoms with van der Waals surface area (Å²) in [6, 6.07) is -0.300. The third-order valence-corrected chi connectivity index (χ3v) is 4.12. The Balaban J connectivity index is 1.72. The molecule has 2 saturated heterocycles. The number of piperazine rings is 1. The zero-order valence-electron chi connectivity index (χ0n) is 13.0. The van der Waals surface area contributed by atoms with Crippen LogP contribution in [0.15, 0.2) is 0 Å². The maximum atomic E-state index is 12.0. The van der Waals surface area contributed by atoms with Crippen LogP contribution in [0.5, 0.6) is 0 Å². The number of nitrogens with zero attached hydrogens (tertiary/aromatic N) is 3. The number of hydrogen-bond acceptors (Lipinski definition) is 4. The van der Waals surface area contributed by atoms with Gasteiger partial charge in [-0.25, -0.2) is 4.79 Å². The summed E-state index contributed by atoms with van der Waals surface area (Å²) < 4.78 is 0. The lowest BCUT2D eigenvalue weighted by Crippen LogP contribution is -2.48. The van der Waals surface area contributed by atoms with Gasteiger partial charge in [-0.1, -0.05) is 0 Å². The lowest BCUT2D eigenvalue weighted by atomic mass is 10.1. The normalized spacial score (nSPS) is 22.6. The molecule has 0 aromatic heterocycles. The molecule has 2 fully saturated rings. The Bertz CT molecular complexity index is 442. The van der Waals surface area contributed by atoms with E-state index in [1.54, 1.807) is 20.8 Å². The van der Waals surface area contributed by atoms with Gasteiger partial charge in [0.2, 0.25) is 5.91 Å². The van der Waals surface area contributed by atoms with Gasteiger partial charge in [-0.05, 0) is 26.8 Å². The Morgan fingerprint density at radius 1 is 1.14 bits per heavy atom. The maximum Gasteiger partial charge on any atom is 0.325 e. The molecule has 1 N–H and O–H groups in total.